The molecule has 3 rings (SSSR count). The average Bonchev–Trinajstić information content (AvgIpc) is 2.88. The fourth-order valence-electron chi connectivity index (χ4n) is 2.53. The summed E-state index contributed by atoms with van der Waals surface area (Å²) in [6.45, 7) is 2.83. The van der Waals surface area contributed by atoms with Gasteiger partial charge in [-0.15, -0.1) is 0 Å². The fourth-order valence-corrected chi connectivity index (χ4v) is 2.53. The number of hydrogen-bond acceptors (Lipinski definition) is 2. The van der Waals surface area contributed by atoms with Crippen molar-refractivity contribution in [2.45, 2.75) is 13.5 Å². The maximum absolute atomic E-state index is 4.34. The van der Waals surface area contributed by atoms with Crippen LogP contribution >= 0.6 is 0 Å². The molecule has 0 saturated carbocycles. The van der Waals surface area contributed by atoms with E-state index < -0.39 is 0 Å². The molecular formula is C15H18N4. The van der Waals surface area contributed by atoms with Gasteiger partial charge in [-0.25, -0.2) is 0 Å². The van der Waals surface area contributed by atoms with Gasteiger partial charge in [0.15, 0.2) is 0 Å². The predicted molar refractivity (Wildman–Crippen MR) is 78.2 cm³/mol. The molecule has 1 aromatic carbocycles. The maximum Gasteiger partial charge on any atom is 0.0825 e. The number of anilines is 1. The van der Waals surface area contributed by atoms with Crippen LogP contribution in [-0.4, -0.2) is 14.3 Å². The molecule has 0 fully saturated rings. The quantitative estimate of drug-likeness (QED) is 0.780. The van der Waals surface area contributed by atoms with Gasteiger partial charge in [0.2, 0.25) is 0 Å². The summed E-state index contributed by atoms with van der Waals surface area (Å²) in [7, 11) is 4.03. The molecule has 0 aliphatic heterocycles. The van der Waals surface area contributed by atoms with E-state index in [0.29, 0.717) is 0 Å². The van der Waals surface area contributed by atoms with Gasteiger partial charge >= 0.3 is 0 Å². The third kappa shape index (κ3) is 2.10. The van der Waals surface area contributed by atoms with E-state index in [9.17, 15) is 0 Å². The van der Waals surface area contributed by atoms with Crippen molar-refractivity contribution in [2.75, 3.05) is 5.32 Å². The zero-order valence-corrected chi connectivity index (χ0v) is 11.5. The minimum atomic E-state index is 0.813. The third-order valence-corrected chi connectivity index (χ3v) is 3.46. The van der Waals surface area contributed by atoms with Gasteiger partial charge in [-0.3, -0.25) is 4.68 Å². The second kappa shape index (κ2) is 4.46. The molecule has 2 heterocycles. The van der Waals surface area contributed by atoms with E-state index in [2.05, 4.69) is 52.5 Å². The van der Waals surface area contributed by atoms with Crippen LogP contribution in [0.15, 0.2) is 36.7 Å². The Labute approximate surface area is 112 Å². The first-order valence-corrected chi connectivity index (χ1v) is 6.42. The minimum Gasteiger partial charge on any atom is -0.378 e. The van der Waals surface area contributed by atoms with Crippen molar-refractivity contribution in [1.82, 2.24) is 14.3 Å². The molecule has 4 heteroatoms. The first kappa shape index (κ1) is 11.8. The lowest BCUT2D eigenvalue weighted by atomic mass is 10.2. The van der Waals surface area contributed by atoms with Crippen molar-refractivity contribution < 1.29 is 0 Å². The normalized spacial score (nSPS) is 11.1. The zero-order valence-electron chi connectivity index (χ0n) is 11.5. The van der Waals surface area contributed by atoms with Crippen molar-refractivity contribution in [2.24, 2.45) is 14.1 Å². The van der Waals surface area contributed by atoms with E-state index in [0.717, 1.165) is 17.9 Å². The van der Waals surface area contributed by atoms with Gasteiger partial charge in [0.1, 0.15) is 0 Å². The fraction of sp³-hybridized carbons (Fsp3) is 0.267. The molecule has 0 bridgehead atoms. The summed E-state index contributed by atoms with van der Waals surface area (Å²) < 4.78 is 4.00. The highest BCUT2D eigenvalue weighted by atomic mass is 15.3. The second-order valence-electron chi connectivity index (χ2n) is 4.94. The lowest BCUT2D eigenvalue weighted by Gasteiger charge is -2.03. The van der Waals surface area contributed by atoms with E-state index in [1.807, 2.05) is 24.9 Å². The zero-order chi connectivity index (χ0) is 13.4. The van der Waals surface area contributed by atoms with E-state index >= 15 is 0 Å². The summed E-state index contributed by atoms with van der Waals surface area (Å²) in [5, 5.41) is 9.10. The Morgan fingerprint density at radius 1 is 1.16 bits per heavy atom. The summed E-state index contributed by atoms with van der Waals surface area (Å²) >= 11 is 0. The summed E-state index contributed by atoms with van der Waals surface area (Å²) in [6, 6.07) is 8.47. The number of aromatic nitrogens is 3. The maximum atomic E-state index is 4.34. The van der Waals surface area contributed by atoms with Crippen molar-refractivity contribution in [3.05, 3.63) is 47.9 Å². The molecule has 19 heavy (non-hydrogen) atoms. The molecular weight excluding hydrogens is 236 g/mol. The molecule has 0 atom stereocenters. The highest BCUT2D eigenvalue weighted by Gasteiger charge is 2.07. The van der Waals surface area contributed by atoms with Gasteiger partial charge in [-0.1, -0.05) is 18.2 Å². The Bertz CT molecular complexity index is 721. The average molecular weight is 254 g/mol. The van der Waals surface area contributed by atoms with Gasteiger partial charge in [0.25, 0.3) is 0 Å². The Morgan fingerprint density at radius 3 is 2.68 bits per heavy atom. The smallest absolute Gasteiger partial charge is 0.0825 e. The Hall–Kier alpha value is -2.23. The van der Waals surface area contributed by atoms with Crippen LogP contribution in [0, 0.1) is 6.92 Å². The van der Waals surface area contributed by atoms with Gasteiger partial charge in [0.05, 0.1) is 11.4 Å². The number of fused-ring (bicyclic) bond motifs is 1. The summed E-state index contributed by atoms with van der Waals surface area (Å²) in [5.74, 6) is 0. The molecule has 4 nitrogen and oxygen atoms in total. The molecule has 0 unspecified atom stereocenters. The standard InChI is InChI=1S/C15H18N4/c1-11-14(10-19(3)17-11)16-8-12-9-18(2)15-7-5-4-6-13(12)15/h4-7,9-10,16H,8H2,1-3H3. The summed E-state index contributed by atoms with van der Waals surface area (Å²) in [6.07, 6.45) is 4.20. The molecule has 0 saturated heterocycles. The number of rotatable bonds is 3. The largest absolute Gasteiger partial charge is 0.378 e. The van der Waals surface area contributed by atoms with Gasteiger partial charge in [0, 0.05) is 43.9 Å². The monoisotopic (exact) mass is 254 g/mol. The van der Waals surface area contributed by atoms with Crippen molar-refractivity contribution in [3.63, 3.8) is 0 Å². The van der Waals surface area contributed by atoms with Gasteiger partial charge < -0.3 is 9.88 Å². The van der Waals surface area contributed by atoms with Crippen LogP contribution in [0.1, 0.15) is 11.3 Å². The first-order chi connectivity index (χ1) is 9.15. The molecule has 3 aromatic rings. The van der Waals surface area contributed by atoms with Gasteiger partial charge in [-0.2, -0.15) is 5.10 Å². The third-order valence-electron chi connectivity index (χ3n) is 3.46. The summed E-state index contributed by atoms with van der Waals surface area (Å²) in [4.78, 5) is 0. The highest BCUT2D eigenvalue weighted by Crippen LogP contribution is 2.22. The molecule has 98 valence electrons. The number of aryl methyl sites for hydroxylation is 3. The van der Waals surface area contributed by atoms with Crippen LogP contribution in [0.25, 0.3) is 10.9 Å². The van der Waals surface area contributed by atoms with Crippen LogP contribution in [0.5, 0.6) is 0 Å². The topological polar surface area (TPSA) is 34.8 Å². The molecule has 0 amide bonds. The number of hydrogen-bond donors (Lipinski definition) is 1. The van der Waals surface area contributed by atoms with Crippen LogP contribution < -0.4 is 5.32 Å². The second-order valence-corrected chi connectivity index (χ2v) is 4.94. The van der Waals surface area contributed by atoms with Crippen LogP contribution in [0.2, 0.25) is 0 Å². The molecule has 1 N–H and O–H groups in total. The number of nitrogens with zero attached hydrogens (tertiary/aromatic N) is 3. The molecule has 0 radical (unpaired) electrons. The lowest BCUT2D eigenvalue weighted by Crippen LogP contribution is -1.99. The van der Waals surface area contributed by atoms with E-state index in [1.165, 1.54) is 16.5 Å². The molecule has 0 aliphatic carbocycles. The van der Waals surface area contributed by atoms with Crippen molar-refractivity contribution in [1.29, 1.82) is 0 Å². The highest BCUT2D eigenvalue weighted by molar-refractivity contribution is 5.84. The minimum absolute atomic E-state index is 0.813. The van der Waals surface area contributed by atoms with Crippen LogP contribution in [0.3, 0.4) is 0 Å². The van der Waals surface area contributed by atoms with Crippen molar-refractivity contribution >= 4 is 16.6 Å². The van der Waals surface area contributed by atoms with Crippen molar-refractivity contribution in [3.8, 4) is 0 Å². The summed E-state index contributed by atoms with van der Waals surface area (Å²) in [5.41, 5.74) is 4.70. The molecule has 0 spiro atoms. The van der Waals surface area contributed by atoms with Crippen LogP contribution in [-0.2, 0) is 20.6 Å². The lowest BCUT2D eigenvalue weighted by molar-refractivity contribution is 0.756. The Morgan fingerprint density at radius 2 is 1.95 bits per heavy atom. The predicted octanol–water partition coefficient (Wildman–Crippen LogP) is 2.83. The SMILES string of the molecule is Cc1nn(C)cc1NCc1cn(C)c2ccccc12. The number of benzene rings is 1. The van der Waals surface area contributed by atoms with Crippen LogP contribution in [0.4, 0.5) is 5.69 Å². The molecule has 0 aliphatic rings. The van der Waals surface area contributed by atoms with E-state index in [4.69, 9.17) is 0 Å². The Balaban J connectivity index is 1.88. The van der Waals surface area contributed by atoms with Gasteiger partial charge in [-0.05, 0) is 18.6 Å². The van der Waals surface area contributed by atoms with E-state index in [-0.39, 0.29) is 0 Å². The Kier molecular flexibility index (Phi) is 2.78. The number of nitrogens with one attached hydrogen (secondary N) is 1. The molecule has 2 aromatic heterocycles. The first-order valence-electron chi connectivity index (χ1n) is 6.42. The van der Waals surface area contributed by atoms with E-state index in [1.54, 1.807) is 0 Å². The number of para-hydroxylation sites is 1.